The van der Waals surface area contributed by atoms with Gasteiger partial charge in [0.1, 0.15) is 0 Å². The number of nitrogens with one attached hydrogen (secondary N) is 3. The van der Waals surface area contributed by atoms with Crippen LogP contribution in [0.4, 0.5) is 4.79 Å². The molecule has 3 amide bonds. The number of hydrogen-bond donors (Lipinski definition) is 3. The molecule has 1 aliphatic heterocycles. The highest BCUT2D eigenvalue weighted by Crippen LogP contribution is 2.17. The summed E-state index contributed by atoms with van der Waals surface area (Å²) >= 11 is 5.77. The molecular formula is C15H21ClN4O4S. The Morgan fingerprint density at radius 3 is 2.36 bits per heavy atom. The van der Waals surface area contributed by atoms with Gasteiger partial charge < -0.3 is 5.32 Å². The molecule has 138 valence electrons. The first-order valence-electron chi connectivity index (χ1n) is 7.82. The molecule has 0 aromatic heterocycles. The van der Waals surface area contributed by atoms with E-state index in [1.165, 1.54) is 31.3 Å². The normalized spacial score (nSPS) is 16.4. The smallest absolute Gasteiger partial charge is 0.321 e. The Kier molecular flexibility index (Phi) is 6.77. The van der Waals surface area contributed by atoms with Crippen molar-refractivity contribution in [2.45, 2.75) is 23.8 Å². The van der Waals surface area contributed by atoms with Crippen molar-refractivity contribution in [1.29, 1.82) is 0 Å². The maximum atomic E-state index is 12.3. The molecule has 0 radical (unpaired) electrons. The zero-order valence-electron chi connectivity index (χ0n) is 13.8. The van der Waals surface area contributed by atoms with Crippen molar-refractivity contribution in [2.24, 2.45) is 0 Å². The van der Waals surface area contributed by atoms with Gasteiger partial charge in [-0.15, -0.1) is 0 Å². The Balaban J connectivity index is 1.83. The van der Waals surface area contributed by atoms with Crippen LogP contribution in [0.1, 0.15) is 12.8 Å². The summed E-state index contributed by atoms with van der Waals surface area (Å²) in [5.41, 5.74) is 0. The average molecular weight is 389 g/mol. The molecule has 0 saturated carbocycles. The molecule has 1 aromatic carbocycles. The molecule has 0 unspecified atom stereocenters. The topological polar surface area (TPSA) is 108 Å². The standard InChI is InChI=1S/C15H21ClN4O4S/c1-17-15(22)18-14(21)10-20-8-6-12(7-9-20)19-25(23,24)13-4-2-11(16)3-5-13/h2-5,12,19H,6-10H2,1H3,(H2,17,18,21,22). The van der Waals surface area contributed by atoms with Crippen LogP contribution in [0.2, 0.25) is 5.02 Å². The highest BCUT2D eigenvalue weighted by Gasteiger charge is 2.25. The van der Waals surface area contributed by atoms with Crippen LogP contribution in [-0.4, -0.2) is 58.0 Å². The number of nitrogens with zero attached hydrogens (tertiary/aromatic N) is 1. The SMILES string of the molecule is CNC(=O)NC(=O)CN1CCC(NS(=O)(=O)c2ccc(Cl)cc2)CC1. The number of carbonyl (C=O) groups is 2. The summed E-state index contributed by atoms with van der Waals surface area (Å²) in [4.78, 5) is 24.8. The lowest BCUT2D eigenvalue weighted by atomic mass is 10.1. The van der Waals surface area contributed by atoms with Crippen LogP contribution in [0.15, 0.2) is 29.2 Å². The van der Waals surface area contributed by atoms with Crippen molar-refractivity contribution in [3.05, 3.63) is 29.3 Å². The number of likely N-dealkylation sites (tertiary alicyclic amines) is 1. The summed E-state index contributed by atoms with van der Waals surface area (Å²) < 4.78 is 27.4. The molecule has 0 atom stereocenters. The van der Waals surface area contributed by atoms with Crippen LogP contribution in [0, 0.1) is 0 Å². The fraction of sp³-hybridized carbons (Fsp3) is 0.467. The van der Waals surface area contributed by atoms with E-state index in [2.05, 4.69) is 15.4 Å². The van der Waals surface area contributed by atoms with Crippen LogP contribution >= 0.6 is 11.6 Å². The van der Waals surface area contributed by atoms with Gasteiger partial charge in [-0.1, -0.05) is 11.6 Å². The van der Waals surface area contributed by atoms with Crippen molar-refractivity contribution in [2.75, 3.05) is 26.7 Å². The fourth-order valence-corrected chi connectivity index (χ4v) is 3.97. The Bertz CT molecular complexity index is 716. The first-order valence-corrected chi connectivity index (χ1v) is 9.68. The van der Waals surface area contributed by atoms with Gasteiger partial charge in [0, 0.05) is 31.2 Å². The molecule has 8 nitrogen and oxygen atoms in total. The Labute approximate surface area is 152 Å². The van der Waals surface area contributed by atoms with Crippen LogP contribution in [0.3, 0.4) is 0 Å². The number of hydrogen-bond acceptors (Lipinski definition) is 5. The maximum absolute atomic E-state index is 12.3. The second-order valence-corrected chi connectivity index (χ2v) is 7.90. The van der Waals surface area contributed by atoms with Crippen molar-refractivity contribution in [3.63, 3.8) is 0 Å². The molecule has 1 aromatic rings. The second-order valence-electron chi connectivity index (χ2n) is 5.75. The van der Waals surface area contributed by atoms with E-state index >= 15 is 0 Å². The first-order chi connectivity index (χ1) is 11.8. The monoisotopic (exact) mass is 388 g/mol. The summed E-state index contributed by atoms with van der Waals surface area (Å²) in [7, 11) is -2.16. The maximum Gasteiger partial charge on any atom is 0.321 e. The third-order valence-corrected chi connectivity index (χ3v) is 5.67. The van der Waals surface area contributed by atoms with Crippen molar-refractivity contribution >= 4 is 33.6 Å². The summed E-state index contributed by atoms with van der Waals surface area (Å²) in [6.07, 6.45) is 1.17. The fourth-order valence-electron chi connectivity index (χ4n) is 2.54. The zero-order chi connectivity index (χ0) is 18.4. The summed E-state index contributed by atoms with van der Waals surface area (Å²) in [5.74, 6) is -0.389. The average Bonchev–Trinajstić information content (AvgIpc) is 2.56. The number of imide groups is 1. The second kappa shape index (κ2) is 8.61. The Morgan fingerprint density at radius 2 is 1.80 bits per heavy atom. The van der Waals surface area contributed by atoms with Gasteiger partial charge in [0.2, 0.25) is 15.9 Å². The molecule has 1 fully saturated rings. The van der Waals surface area contributed by atoms with E-state index in [0.717, 1.165) is 0 Å². The number of benzene rings is 1. The van der Waals surface area contributed by atoms with E-state index in [1.807, 2.05) is 4.90 Å². The van der Waals surface area contributed by atoms with E-state index in [4.69, 9.17) is 11.6 Å². The predicted molar refractivity (Wildman–Crippen MR) is 93.8 cm³/mol. The lowest BCUT2D eigenvalue weighted by Gasteiger charge is -2.31. The van der Waals surface area contributed by atoms with Crippen molar-refractivity contribution in [1.82, 2.24) is 20.3 Å². The molecule has 0 spiro atoms. The van der Waals surface area contributed by atoms with Gasteiger partial charge in [-0.2, -0.15) is 0 Å². The quantitative estimate of drug-likeness (QED) is 0.682. The van der Waals surface area contributed by atoms with Crippen LogP contribution in [-0.2, 0) is 14.8 Å². The molecule has 1 aliphatic rings. The van der Waals surface area contributed by atoms with E-state index in [9.17, 15) is 18.0 Å². The Morgan fingerprint density at radius 1 is 1.20 bits per heavy atom. The lowest BCUT2D eigenvalue weighted by molar-refractivity contribution is -0.121. The van der Waals surface area contributed by atoms with Gasteiger partial charge in [-0.25, -0.2) is 17.9 Å². The molecular weight excluding hydrogens is 368 g/mol. The van der Waals surface area contributed by atoms with E-state index in [1.54, 1.807) is 0 Å². The van der Waals surface area contributed by atoms with Crippen molar-refractivity contribution in [3.8, 4) is 0 Å². The summed E-state index contributed by atoms with van der Waals surface area (Å²) in [5, 5.41) is 4.98. The van der Waals surface area contributed by atoms with Gasteiger partial charge in [0.15, 0.2) is 0 Å². The number of urea groups is 1. The highest BCUT2D eigenvalue weighted by atomic mass is 35.5. The lowest BCUT2D eigenvalue weighted by Crippen LogP contribution is -2.48. The van der Waals surface area contributed by atoms with E-state index < -0.39 is 16.1 Å². The predicted octanol–water partition coefficient (Wildman–Crippen LogP) is 0.538. The van der Waals surface area contributed by atoms with Crippen molar-refractivity contribution < 1.29 is 18.0 Å². The summed E-state index contributed by atoms with van der Waals surface area (Å²) in [6.45, 7) is 1.23. The van der Waals surface area contributed by atoms with Gasteiger partial charge >= 0.3 is 6.03 Å². The molecule has 2 rings (SSSR count). The number of rotatable bonds is 5. The molecule has 25 heavy (non-hydrogen) atoms. The summed E-state index contributed by atoms with van der Waals surface area (Å²) in [6, 6.07) is 5.24. The molecule has 3 N–H and O–H groups in total. The molecule has 1 heterocycles. The van der Waals surface area contributed by atoms with E-state index in [0.29, 0.717) is 31.0 Å². The number of piperidine rings is 1. The number of sulfonamides is 1. The van der Waals surface area contributed by atoms with Crippen LogP contribution in [0.5, 0.6) is 0 Å². The minimum atomic E-state index is -3.60. The molecule has 0 bridgehead atoms. The van der Waals surface area contributed by atoms with Gasteiger partial charge in [0.25, 0.3) is 0 Å². The third kappa shape index (κ3) is 5.96. The molecule has 10 heteroatoms. The minimum absolute atomic E-state index is 0.101. The Hall–Kier alpha value is -1.68. The first kappa shape index (κ1) is 19.6. The van der Waals surface area contributed by atoms with E-state index in [-0.39, 0.29) is 23.4 Å². The minimum Gasteiger partial charge on any atom is -0.341 e. The zero-order valence-corrected chi connectivity index (χ0v) is 15.4. The third-order valence-electron chi connectivity index (χ3n) is 3.88. The number of amides is 3. The number of halogens is 1. The molecule has 0 aliphatic carbocycles. The van der Waals surface area contributed by atoms with Crippen LogP contribution in [0.25, 0.3) is 0 Å². The largest absolute Gasteiger partial charge is 0.341 e. The van der Waals surface area contributed by atoms with Crippen LogP contribution < -0.4 is 15.4 Å². The number of carbonyl (C=O) groups excluding carboxylic acids is 2. The van der Waals surface area contributed by atoms with Gasteiger partial charge in [-0.05, 0) is 37.1 Å². The van der Waals surface area contributed by atoms with Gasteiger partial charge in [-0.3, -0.25) is 15.0 Å². The molecule has 1 saturated heterocycles. The van der Waals surface area contributed by atoms with Gasteiger partial charge in [0.05, 0.1) is 11.4 Å². The highest BCUT2D eigenvalue weighted by molar-refractivity contribution is 7.89.